The Bertz CT molecular complexity index is 1140. The number of aromatic nitrogens is 1. The standard InChI is InChI=1S/C22H22N4O4/c1-14-12-21(25-7-9-30-10-8-25)24-19-5-4-17(13-18(14)19)23-22(27)16-3-6-20(26(28)29)15(2)11-16/h3-6,11-13H,7-10H2,1-2H3,(H,23,27). The minimum absolute atomic E-state index is 0.00461. The number of morpholine rings is 1. The lowest BCUT2D eigenvalue weighted by molar-refractivity contribution is -0.385. The van der Waals surface area contributed by atoms with E-state index in [0.29, 0.717) is 30.0 Å². The van der Waals surface area contributed by atoms with E-state index in [1.54, 1.807) is 6.92 Å². The number of anilines is 2. The molecule has 3 aromatic rings. The molecule has 1 aromatic heterocycles. The van der Waals surface area contributed by atoms with Crippen LogP contribution in [0, 0.1) is 24.0 Å². The van der Waals surface area contributed by atoms with E-state index in [0.717, 1.165) is 35.4 Å². The Hall–Kier alpha value is -3.52. The van der Waals surface area contributed by atoms with E-state index in [1.165, 1.54) is 18.2 Å². The number of benzene rings is 2. The number of rotatable bonds is 4. The van der Waals surface area contributed by atoms with E-state index in [4.69, 9.17) is 9.72 Å². The average molecular weight is 406 g/mol. The molecular weight excluding hydrogens is 384 g/mol. The number of hydrogen-bond donors (Lipinski definition) is 1. The van der Waals surface area contributed by atoms with Crippen LogP contribution < -0.4 is 10.2 Å². The SMILES string of the molecule is Cc1cc(C(=O)Nc2ccc3nc(N4CCOCC4)cc(C)c3c2)ccc1[N+](=O)[O-]. The van der Waals surface area contributed by atoms with Crippen molar-refractivity contribution in [3.63, 3.8) is 0 Å². The molecule has 0 unspecified atom stereocenters. The molecule has 1 N–H and O–H groups in total. The molecule has 1 saturated heterocycles. The van der Waals surface area contributed by atoms with Crippen molar-refractivity contribution in [1.29, 1.82) is 0 Å². The van der Waals surface area contributed by atoms with Gasteiger partial charge in [0.15, 0.2) is 0 Å². The lowest BCUT2D eigenvalue weighted by Gasteiger charge is -2.28. The summed E-state index contributed by atoms with van der Waals surface area (Å²) in [6.45, 7) is 6.68. The summed E-state index contributed by atoms with van der Waals surface area (Å²) in [5.41, 5.74) is 3.39. The molecule has 4 rings (SSSR count). The fraction of sp³-hybridized carbons (Fsp3) is 0.273. The van der Waals surface area contributed by atoms with Crippen LogP contribution in [0.3, 0.4) is 0 Å². The topological polar surface area (TPSA) is 97.6 Å². The van der Waals surface area contributed by atoms with Crippen LogP contribution in [0.25, 0.3) is 10.9 Å². The summed E-state index contributed by atoms with van der Waals surface area (Å²) in [6.07, 6.45) is 0. The first kappa shape index (κ1) is 19.8. The largest absolute Gasteiger partial charge is 0.378 e. The zero-order chi connectivity index (χ0) is 21.3. The molecule has 1 fully saturated rings. The number of carbonyl (C=O) groups is 1. The molecule has 0 atom stereocenters. The number of nitro groups is 1. The van der Waals surface area contributed by atoms with Crippen molar-refractivity contribution in [2.24, 2.45) is 0 Å². The van der Waals surface area contributed by atoms with Crippen LogP contribution in [0.1, 0.15) is 21.5 Å². The number of nitrogens with zero attached hydrogens (tertiary/aromatic N) is 3. The highest BCUT2D eigenvalue weighted by Crippen LogP contribution is 2.26. The molecule has 0 spiro atoms. The van der Waals surface area contributed by atoms with Crippen molar-refractivity contribution in [3.05, 3.63) is 69.3 Å². The van der Waals surface area contributed by atoms with Crippen molar-refractivity contribution < 1.29 is 14.5 Å². The minimum Gasteiger partial charge on any atom is -0.378 e. The van der Waals surface area contributed by atoms with Gasteiger partial charge in [0.1, 0.15) is 5.82 Å². The summed E-state index contributed by atoms with van der Waals surface area (Å²) < 4.78 is 5.41. The monoisotopic (exact) mass is 406 g/mol. The fourth-order valence-electron chi connectivity index (χ4n) is 3.61. The van der Waals surface area contributed by atoms with E-state index in [2.05, 4.69) is 16.3 Å². The first-order chi connectivity index (χ1) is 14.4. The Morgan fingerprint density at radius 3 is 2.57 bits per heavy atom. The minimum atomic E-state index is -0.457. The number of fused-ring (bicyclic) bond motifs is 1. The van der Waals surface area contributed by atoms with Gasteiger partial charge in [0.2, 0.25) is 0 Å². The summed E-state index contributed by atoms with van der Waals surface area (Å²) in [4.78, 5) is 30.1. The summed E-state index contributed by atoms with van der Waals surface area (Å²) in [6, 6.07) is 12.0. The second-order valence-corrected chi connectivity index (χ2v) is 7.34. The molecule has 0 saturated carbocycles. The molecule has 2 heterocycles. The Morgan fingerprint density at radius 2 is 1.87 bits per heavy atom. The normalized spacial score (nSPS) is 14.0. The zero-order valence-corrected chi connectivity index (χ0v) is 16.8. The van der Waals surface area contributed by atoms with Gasteiger partial charge in [0, 0.05) is 41.4 Å². The van der Waals surface area contributed by atoms with Crippen molar-refractivity contribution in [2.75, 3.05) is 36.5 Å². The second kappa shape index (κ2) is 8.08. The number of hydrogen-bond acceptors (Lipinski definition) is 6. The molecular formula is C22H22N4O4. The van der Waals surface area contributed by atoms with Gasteiger partial charge in [-0.25, -0.2) is 4.98 Å². The lowest BCUT2D eigenvalue weighted by Crippen LogP contribution is -2.36. The highest BCUT2D eigenvalue weighted by atomic mass is 16.6. The maximum Gasteiger partial charge on any atom is 0.272 e. The van der Waals surface area contributed by atoms with E-state index in [1.807, 2.05) is 25.1 Å². The van der Waals surface area contributed by atoms with Gasteiger partial charge in [-0.05, 0) is 55.8 Å². The Labute approximate surface area is 173 Å². The molecule has 1 aliphatic heterocycles. The number of nitrogens with one attached hydrogen (secondary N) is 1. The first-order valence-electron chi connectivity index (χ1n) is 9.73. The van der Waals surface area contributed by atoms with E-state index in [9.17, 15) is 14.9 Å². The third-order valence-corrected chi connectivity index (χ3v) is 5.25. The Morgan fingerprint density at radius 1 is 1.10 bits per heavy atom. The lowest BCUT2D eigenvalue weighted by atomic mass is 10.1. The summed E-state index contributed by atoms with van der Waals surface area (Å²) >= 11 is 0. The molecule has 1 aliphatic rings. The van der Waals surface area contributed by atoms with Crippen LogP contribution in [0.5, 0.6) is 0 Å². The van der Waals surface area contributed by atoms with Crippen LogP contribution in [-0.2, 0) is 4.74 Å². The molecule has 0 radical (unpaired) electrons. The summed E-state index contributed by atoms with van der Waals surface area (Å²) in [5, 5.41) is 14.8. The van der Waals surface area contributed by atoms with Gasteiger partial charge in [0.05, 0.1) is 23.7 Å². The van der Waals surface area contributed by atoms with Crippen molar-refractivity contribution in [1.82, 2.24) is 4.98 Å². The predicted octanol–water partition coefficient (Wildman–Crippen LogP) is 3.85. The predicted molar refractivity (Wildman–Crippen MR) is 115 cm³/mol. The van der Waals surface area contributed by atoms with Crippen LogP contribution in [-0.4, -0.2) is 42.1 Å². The van der Waals surface area contributed by atoms with Crippen LogP contribution in [0.4, 0.5) is 17.2 Å². The van der Waals surface area contributed by atoms with Gasteiger partial charge in [-0.15, -0.1) is 0 Å². The van der Waals surface area contributed by atoms with Crippen molar-refractivity contribution in [3.8, 4) is 0 Å². The number of pyridine rings is 1. The van der Waals surface area contributed by atoms with E-state index >= 15 is 0 Å². The second-order valence-electron chi connectivity index (χ2n) is 7.34. The molecule has 0 aliphatic carbocycles. The summed E-state index contributed by atoms with van der Waals surface area (Å²) in [5.74, 6) is 0.615. The fourth-order valence-corrected chi connectivity index (χ4v) is 3.61. The third-order valence-electron chi connectivity index (χ3n) is 5.25. The van der Waals surface area contributed by atoms with Gasteiger partial charge in [0.25, 0.3) is 11.6 Å². The number of carbonyl (C=O) groups excluding carboxylic acids is 1. The van der Waals surface area contributed by atoms with Crippen molar-refractivity contribution >= 4 is 34.0 Å². The quantitative estimate of drug-likeness (QED) is 0.522. The van der Waals surface area contributed by atoms with Gasteiger partial charge >= 0.3 is 0 Å². The van der Waals surface area contributed by atoms with Crippen LogP contribution in [0.15, 0.2) is 42.5 Å². The van der Waals surface area contributed by atoms with Gasteiger partial charge < -0.3 is 15.0 Å². The van der Waals surface area contributed by atoms with E-state index in [-0.39, 0.29) is 11.6 Å². The zero-order valence-electron chi connectivity index (χ0n) is 16.8. The van der Waals surface area contributed by atoms with E-state index < -0.39 is 4.92 Å². The first-order valence-corrected chi connectivity index (χ1v) is 9.73. The van der Waals surface area contributed by atoms with Gasteiger partial charge in [-0.3, -0.25) is 14.9 Å². The molecule has 30 heavy (non-hydrogen) atoms. The molecule has 2 aromatic carbocycles. The highest BCUT2D eigenvalue weighted by molar-refractivity contribution is 6.05. The molecule has 1 amide bonds. The molecule has 154 valence electrons. The van der Waals surface area contributed by atoms with Crippen LogP contribution in [0.2, 0.25) is 0 Å². The Kier molecular flexibility index (Phi) is 5.33. The number of nitro benzene ring substituents is 1. The highest BCUT2D eigenvalue weighted by Gasteiger charge is 2.16. The number of ether oxygens (including phenoxy) is 1. The number of amides is 1. The molecule has 8 nitrogen and oxygen atoms in total. The maximum atomic E-state index is 12.6. The molecule has 0 bridgehead atoms. The Balaban J connectivity index is 1.57. The van der Waals surface area contributed by atoms with Gasteiger partial charge in [-0.2, -0.15) is 0 Å². The number of aryl methyl sites for hydroxylation is 2. The smallest absolute Gasteiger partial charge is 0.272 e. The van der Waals surface area contributed by atoms with Gasteiger partial charge in [-0.1, -0.05) is 0 Å². The third kappa shape index (κ3) is 3.95. The van der Waals surface area contributed by atoms with Crippen molar-refractivity contribution in [2.45, 2.75) is 13.8 Å². The molecule has 8 heteroatoms. The van der Waals surface area contributed by atoms with Crippen LogP contribution >= 0.6 is 0 Å². The maximum absolute atomic E-state index is 12.6. The summed E-state index contributed by atoms with van der Waals surface area (Å²) in [7, 11) is 0. The average Bonchev–Trinajstić information content (AvgIpc) is 2.74.